The lowest BCUT2D eigenvalue weighted by Gasteiger charge is -2.02. The molecule has 0 rings (SSSR count). The molecule has 0 fully saturated rings. The molecule has 0 saturated carbocycles. The molecule has 0 aliphatic heterocycles. The molecule has 1 nitrogen and oxygen atoms in total. The molecule has 0 amide bonds. The smallest absolute Gasteiger partial charge is 0.131 e. The van der Waals surface area contributed by atoms with E-state index < -0.39 is 0 Å². The Morgan fingerprint density at radius 1 is 0.778 bits per heavy atom. The summed E-state index contributed by atoms with van der Waals surface area (Å²) in [5, 5.41) is 0. The van der Waals surface area contributed by atoms with Crippen molar-refractivity contribution in [3.05, 3.63) is 0 Å². The Bertz CT molecular complexity index is 183. The first-order valence-electron chi connectivity index (χ1n) is 7.69. The van der Waals surface area contributed by atoms with E-state index in [4.69, 9.17) is 18.0 Å². The topological polar surface area (TPSA) is 26.0 Å². The Kier molecular flexibility index (Phi) is 15.5. The summed E-state index contributed by atoms with van der Waals surface area (Å²) in [6, 6.07) is 0. The van der Waals surface area contributed by atoms with Gasteiger partial charge >= 0.3 is 0 Å². The minimum Gasteiger partial charge on any atom is -0.385 e. The van der Waals surface area contributed by atoms with E-state index in [1.807, 2.05) is 0 Å². The van der Waals surface area contributed by atoms with Gasteiger partial charge in [-0.05, 0) is 6.42 Å². The normalized spacial score (nSPS) is 10.7. The van der Waals surface area contributed by atoms with Crippen molar-refractivity contribution in [1.82, 2.24) is 0 Å². The van der Waals surface area contributed by atoms with Gasteiger partial charge in [-0.15, -0.1) is 0 Å². The van der Waals surface area contributed by atoms with Crippen molar-refractivity contribution in [2.45, 2.75) is 84.0 Å². The van der Waals surface area contributed by atoms with Crippen molar-refractivity contribution in [2.24, 2.45) is 5.73 Å². The summed E-state index contributed by atoms with van der Waals surface area (Å²) in [5.41, 5.74) is 5.43. The van der Waals surface area contributed by atoms with Crippen LogP contribution in [0.4, 0.5) is 0 Å². The van der Waals surface area contributed by atoms with Crippen LogP contribution in [-0.4, -0.2) is 10.1 Å². The molecule has 0 aromatic heterocycles. The molecular weight excluding hydrogens is 258 g/mol. The van der Waals surface area contributed by atoms with Crippen molar-refractivity contribution < 1.29 is 0 Å². The van der Waals surface area contributed by atoms with Crippen LogP contribution in [0.5, 0.6) is 0 Å². The van der Waals surface area contributed by atoms with Crippen LogP contribution >= 0.6 is 24.0 Å². The van der Waals surface area contributed by atoms with Crippen molar-refractivity contribution in [1.29, 1.82) is 0 Å². The van der Waals surface area contributed by atoms with Crippen molar-refractivity contribution >= 4 is 28.3 Å². The monoisotopic (exact) mass is 289 g/mol. The second kappa shape index (κ2) is 15.3. The predicted octanol–water partition coefficient (Wildman–Crippen LogP) is 5.66. The van der Waals surface area contributed by atoms with Crippen molar-refractivity contribution in [2.75, 3.05) is 5.75 Å². The van der Waals surface area contributed by atoms with Gasteiger partial charge in [0, 0.05) is 5.75 Å². The van der Waals surface area contributed by atoms with E-state index in [2.05, 4.69) is 6.92 Å². The lowest BCUT2D eigenvalue weighted by atomic mass is 10.1. The molecule has 0 spiro atoms. The maximum atomic E-state index is 5.43. The van der Waals surface area contributed by atoms with E-state index in [1.54, 1.807) is 11.8 Å². The summed E-state index contributed by atoms with van der Waals surface area (Å²) in [4.78, 5) is 0. The highest BCUT2D eigenvalue weighted by Gasteiger charge is 1.94. The molecule has 0 bridgehead atoms. The number of unbranched alkanes of at least 4 members (excludes halogenated alkanes) is 11. The second-order valence-corrected chi connectivity index (χ2v) is 6.89. The molecule has 108 valence electrons. The second-order valence-electron chi connectivity index (χ2n) is 5.06. The minimum atomic E-state index is 0.595. The molecule has 0 aromatic rings. The molecule has 0 aliphatic carbocycles. The molecule has 0 heterocycles. The van der Waals surface area contributed by atoms with Gasteiger partial charge in [-0.25, -0.2) is 0 Å². The maximum Gasteiger partial charge on any atom is 0.131 e. The van der Waals surface area contributed by atoms with Crippen LogP contribution in [0.3, 0.4) is 0 Å². The first kappa shape index (κ1) is 18.2. The maximum absolute atomic E-state index is 5.43. The van der Waals surface area contributed by atoms with Crippen LogP contribution in [0.1, 0.15) is 84.0 Å². The first-order chi connectivity index (χ1) is 8.77. The van der Waals surface area contributed by atoms with Crippen molar-refractivity contribution in [3.8, 4) is 0 Å². The number of rotatable bonds is 13. The zero-order valence-electron chi connectivity index (χ0n) is 12.1. The highest BCUT2D eigenvalue weighted by molar-refractivity contribution is 8.22. The molecule has 0 unspecified atom stereocenters. The molecule has 2 N–H and O–H groups in total. The fourth-order valence-corrected chi connectivity index (χ4v) is 2.92. The number of thioether (sulfide) groups is 1. The number of nitrogens with two attached hydrogens (primary N) is 1. The van der Waals surface area contributed by atoms with Crippen LogP contribution < -0.4 is 5.73 Å². The van der Waals surface area contributed by atoms with Crippen LogP contribution in [-0.2, 0) is 0 Å². The third-order valence-electron chi connectivity index (χ3n) is 3.24. The van der Waals surface area contributed by atoms with Crippen LogP contribution in [0, 0.1) is 0 Å². The molecule has 0 saturated heterocycles. The third-order valence-corrected chi connectivity index (χ3v) is 4.37. The first-order valence-corrected chi connectivity index (χ1v) is 9.09. The average molecular weight is 290 g/mol. The molecule has 18 heavy (non-hydrogen) atoms. The number of thiocarbonyl (C=S) groups is 1. The largest absolute Gasteiger partial charge is 0.385 e. The van der Waals surface area contributed by atoms with Gasteiger partial charge < -0.3 is 5.73 Å². The van der Waals surface area contributed by atoms with Gasteiger partial charge in [0.25, 0.3) is 0 Å². The summed E-state index contributed by atoms with van der Waals surface area (Å²) in [7, 11) is 0. The fourth-order valence-electron chi connectivity index (χ4n) is 2.12. The van der Waals surface area contributed by atoms with E-state index in [-0.39, 0.29) is 0 Å². The summed E-state index contributed by atoms with van der Waals surface area (Å²) in [5.74, 6) is 1.10. The lowest BCUT2D eigenvalue weighted by molar-refractivity contribution is 0.548. The summed E-state index contributed by atoms with van der Waals surface area (Å²) >= 11 is 6.44. The molecular formula is C15H31NS2. The van der Waals surface area contributed by atoms with Crippen LogP contribution in [0.2, 0.25) is 0 Å². The van der Waals surface area contributed by atoms with Gasteiger partial charge in [0.2, 0.25) is 0 Å². The Labute approximate surface area is 124 Å². The molecule has 0 radical (unpaired) electrons. The van der Waals surface area contributed by atoms with Gasteiger partial charge in [0.15, 0.2) is 0 Å². The van der Waals surface area contributed by atoms with E-state index >= 15 is 0 Å². The standard InChI is InChI=1S/C15H31NS2/c1-2-3-4-5-6-7-8-9-10-11-12-13-14-18-15(16)17/h2-14H2,1H3,(H2,16,17). The molecule has 0 aromatic carbocycles. The van der Waals surface area contributed by atoms with E-state index in [0.717, 1.165) is 5.75 Å². The molecule has 0 atom stereocenters. The van der Waals surface area contributed by atoms with E-state index in [9.17, 15) is 0 Å². The third kappa shape index (κ3) is 16.2. The molecule has 0 aliphatic rings. The number of hydrogen-bond acceptors (Lipinski definition) is 2. The predicted molar refractivity (Wildman–Crippen MR) is 90.3 cm³/mol. The van der Waals surface area contributed by atoms with Crippen LogP contribution in [0.15, 0.2) is 0 Å². The zero-order valence-corrected chi connectivity index (χ0v) is 13.7. The Morgan fingerprint density at radius 3 is 1.56 bits per heavy atom. The van der Waals surface area contributed by atoms with Gasteiger partial charge in [0.1, 0.15) is 4.32 Å². The van der Waals surface area contributed by atoms with Gasteiger partial charge in [-0.1, -0.05) is 102 Å². The number of hydrogen-bond donors (Lipinski definition) is 1. The SMILES string of the molecule is CCCCCCCCCCCCCCSC(N)=S. The van der Waals surface area contributed by atoms with E-state index in [0.29, 0.717) is 4.32 Å². The van der Waals surface area contributed by atoms with Gasteiger partial charge in [-0.2, -0.15) is 0 Å². The Hall–Kier alpha value is 0.240. The molecule has 3 heteroatoms. The van der Waals surface area contributed by atoms with Crippen LogP contribution in [0.25, 0.3) is 0 Å². The lowest BCUT2D eigenvalue weighted by Crippen LogP contribution is -2.02. The zero-order chi connectivity index (χ0) is 13.5. The van der Waals surface area contributed by atoms with Crippen molar-refractivity contribution in [3.63, 3.8) is 0 Å². The Morgan fingerprint density at radius 2 is 1.17 bits per heavy atom. The van der Waals surface area contributed by atoms with Gasteiger partial charge in [-0.3, -0.25) is 0 Å². The average Bonchev–Trinajstić information content (AvgIpc) is 2.34. The summed E-state index contributed by atoms with van der Waals surface area (Å²) in [6.07, 6.45) is 16.8. The summed E-state index contributed by atoms with van der Waals surface area (Å²) < 4.78 is 0.595. The summed E-state index contributed by atoms with van der Waals surface area (Å²) in [6.45, 7) is 2.28. The highest BCUT2D eigenvalue weighted by Crippen LogP contribution is 2.13. The minimum absolute atomic E-state index is 0.595. The Balaban J connectivity index is 2.92. The van der Waals surface area contributed by atoms with E-state index in [1.165, 1.54) is 77.0 Å². The highest BCUT2D eigenvalue weighted by atomic mass is 32.2. The quantitative estimate of drug-likeness (QED) is 0.350. The fraction of sp³-hybridized carbons (Fsp3) is 0.933. The van der Waals surface area contributed by atoms with Gasteiger partial charge in [0.05, 0.1) is 0 Å².